The summed E-state index contributed by atoms with van der Waals surface area (Å²) in [5.41, 5.74) is 2.21. The molecule has 0 unspecified atom stereocenters. The van der Waals surface area contributed by atoms with E-state index < -0.39 is 5.97 Å². The van der Waals surface area contributed by atoms with E-state index in [1.165, 1.54) is 19.3 Å². The highest BCUT2D eigenvalue weighted by atomic mass is 16.5. The molecule has 0 spiro atoms. The number of unbranched alkanes of at least 4 members (excludes halogenated alkanes) is 1. The third-order valence-electron chi connectivity index (χ3n) is 5.54. The Hall–Kier alpha value is -3.02. The molecule has 0 radical (unpaired) electrons. The zero-order chi connectivity index (χ0) is 22.1. The second-order valence-electron chi connectivity index (χ2n) is 7.91. The minimum Gasteiger partial charge on any atom is -0.497 e. The van der Waals surface area contributed by atoms with Gasteiger partial charge in [0.25, 0.3) is 5.91 Å². The third kappa shape index (κ3) is 6.48. The first-order valence-electron chi connectivity index (χ1n) is 11.1. The van der Waals surface area contributed by atoms with Crippen LogP contribution in [0.2, 0.25) is 0 Å². The number of methoxy groups -OCH3 is 1. The molecule has 2 aromatic rings. The smallest absolute Gasteiger partial charge is 0.338 e. The van der Waals surface area contributed by atoms with Crippen molar-refractivity contribution in [2.24, 2.45) is 0 Å². The Morgan fingerprint density at radius 1 is 1.03 bits per heavy atom. The summed E-state index contributed by atoms with van der Waals surface area (Å²) in [5.74, 6) is 0.0392. The van der Waals surface area contributed by atoms with Gasteiger partial charge in [-0.2, -0.15) is 0 Å². The number of hydrogen-bond donors (Lipinski definition) is 2. The van der Waals surface area contributed by atoms with Gasteiger partial charge in [0, 0.05) is 17.4 Å². The maximum atomic E-state index is 13.1. The number of rotatable bonds is 9. The molecule has 0 bridgehead atoms. The summed E-state index contributed by atoms with van der Waals surface area (Å²) < 4.78 is 10.5. The number of esters is 1. The van der Waals surface area contributed by atoms with Gasteiger partial charge in [0.1, 0.15) is 5.75 Å². The molecule has 0 aliphatic heterocycles. The number of carbonyl (C=O) groups is 2. The van der Waals surface area contributed by atoms with Crippen molar-refractivity contribution in [2.45, 2.75) is 57.9 Å². The van der Waals surface area contributed by atoms with Crippen LogP contribution < -0.4 is 15.4 Å². The van der Waals surface area contributed by atoms with Crippen LogP contribution in [-0.2, 0) is 4.74 Å². The van der Waals surface area contributed by atoms with Gasteiger partial charge in [0.2, 0.25) is 0 Å². The maximum absolute atomic E-state index is 13.1. The van der Waals surface area contributed by atoms with Crippen molar-refractivity contribution in [1.29, 1.82) is 0 Å². The molecule has 6 nitrogen and oxygen atoms in total. The van der Waals surface area contributed by atoms with E-state index in [0.717, 1.165) is 37.1 Å². The first-order chi connectivity index (χ1) is 15.1. The number of carbonyl (C=O) groups excluding carboxylic acids is 2. The summed E-state index contributed by atoms with van der Waals surface area (Å²) in [6.07, 6.45) is 7.57. The van der Waals surface area contributed by atoms with Crippen LogP contribution in [0.3, 0.4) is 0 Å². The van der Waals surface area contributed by atoms with Gasteiger partial charge < -0.3 is 20.1 Å². The predicted molar refractivity (Wildman–Crippen MR) is 123 cm³/mol. The lowest BCUT2D eigenvalue weighted by molar-refractivity contribution is 0.0499. The topological polar surface area (TPSA) is 76.7 Å². The first kappa shape index (κ1) is 22.7. The number of anilines is 2. The zero-order valence-electron chi connectivity index (χ0n) is 18.4. The molecule has 1 amide bonds. The van der Waals surface area contributed by atoms with Gasteiger partial charge in [0.15, 0.2) is 0 Å². The Morgan fingerprint density at radius 2 is 1.77 bits per heavy atom. The summed E-state index contributed by atoms with van der Waals surface area (Å²) in [7, 11) is 1.60. The van der Waals surface area contributed by atoms with Gasteiger partial charge >= 0.3 is 5.97 Å². The van der Waals surface area contributed by atoms with E-state index >= 15 is 0 Å². The minimum absolute atomic E-state index is 0.272. The molecule has 3 rings (SSSR count). The van der Waals surface area contributed by atoms with Crippen molar-refractivity contribution in [1.82, 2.24) is 0 Å². The summed E-state index contributed by atoms with van der Waals surface area (Å²) in [5, 5.41) is 6.44. The highest BCUT2D eigenvalue weighted by Crippen LogP contribution is 2.26. The Kier molecular flexibility index (Phi) is 8.33. The number of ether oxygens (including phenoxy) is 2. The molecular formula is C25H32N2O4. The number of amides is 1. The van der Waals surface area contributed by atoms with Crippen molar-refractivity contribution in [3.63, 3.8) is 0 Å². The van der Waals surface area contributed by atoms with Crippen molar-refractivity contribution >= 4 is 23.3 Å². The highest BCUT2D eigenvalue weighted by Gasteiger charge is 2.20. The number of hydrogen-bond acceptors (Lipinski definition) is 5. The van der Waals surface area contributed by atoms with Crippen LogP contribution in [0.15, 0.2) is 42.5 Å². The van der Waals surface area contributed by atoms with E-state index in [2.05, 4.69) is 10.6 Å². The summed E-state index contributed by atoms with van der Waals surface area (Å²) in [6.45, 7) is 2.42. The molecule has 6 heteroatoms. The van der Waals surface area contributed by atoms with Crippen molar-refractivity contribution in [2.75, 3.05) is 24.4 Å². The molecule has 2 aromatic carbocycles. The van der Waals surface area contributed by atoms with Crippen LogP contribution >= 0.6 is 0 Å². The summed E-state index contributed by atoms with van der Waals surface area (Å²) in [6, 6.07) is 12.7. The van der Waals surface area contributed by atoms with Gasteiger partial charge in [-0.15, -0.1) is 0 Å². The zero-order valence-corrected chi connectivity index (χ0v) is 18.4. The maximum Gasteiger partial charge on any atom is 0.338 e. The monoisotopic (exact) mass is 424 g/mol. The standard InChI is InChI=1S/C25H32N2O4/c1-3-4-16-31-25(29)18-10-15-23(26-19-8-6-5-7-9-19)22(17-18)24(28)27-20-11-13-21(30-2)14-12-20/h10-15,17,19,26H,3-9,16H2,1-2H3,(H,27,28). The molecule has 0 saturated heterocycles. The molecule has 2 N–H and O–H groups in total. The molecule has 166 valence electrons. The highest BCUT2D eigenvalue weighted by molar-refractivity contribution is 6.09. The van der Waals surface area contributed by atoms with Crippen molar-refractivity contribution in [3.05, 3.63) is 53.6 Å². The average molecular weight is 425 g/mol. The quantitative estimate of drug-likeness (QED) is 0.402. The molecule has 31 heavy (non-hydrogen) atoms. The van der Waals surface area contributed by atoms with Crippen LogP contribution in [0.4, 0.5) is 11.4 Å². The fraction of sp³-hybridized carbons (Fsp3) is 0.440. The lowest BCUT2D eigenvalue weighted by atomic mass is 9.95. The van der Waals surface area contributed by atoms with E-state index in [4.69, 9.17) is 9.47 Å². The van der Waals surface area contributed by atoms with Crippen LogP contribution in [-0.4, -0.2) is 31.6 Å². The predicted octanol–water partition coefficient (Wildman–Crippen LogP) is 5.65. The average Bonchev–Trinajstić information content (AvgIpc) is 2.80. The van der Waals surface area contributed by atoms with Gasteiger partial charge in [-0.05, 0) is 61.7 Å². The molecule has 0 heterocycles. The van der Waals surface area contributed by atoms with E-state index in [1.54, 1.807) is 43.5 Å². The fourth-order valence-electron chi connectivity index (χ4n) is 3.72. The lowest BCUT2D eigenvalue weighted by Gasteiger charge is -2.25. The van der Waals surface area contributed by atoms with Gasteiger partial charge in [-0.1, -0.05) is 32.6 Å². The molecule has 1 aliphatic carbocycles. The lowest BCUT2D eigenvalue weighted by Crippen LogP contribution is -2.25. The number of benzene rings is 2. The Labute approximate surface area is 184 Å². The minimum atomic E-state index is -0.406. The molecular weight excluding hydrogens is 392 g/mol. The normalized spacial score (nSPS) is 14.0. The molecule has 1 fully saturated rings. The van der Waals surface area contributed by atoms with Crippen molar-refractivity contribution in [3.8, 4) is 5.75 Å². The first-order valence-corrected chi connectivity index (χ1v) is 11.1. The SMILES string of the molecule is CCCCOC(=O)c1ccc(NC2CCCCC2)c(C(=O)Nc2ccc(OC)cc2)c1. The van der Waals surface area contributed by atoms with Gasteiger partial charge in [-0.3, -0.25) is 4.79 Å². The van der Waals surface area contributed by atoms with Crippen molar-refractivity contribution < 1.29 is 19.1 Å². The van der Waals surface area contributed by atoms with Gasteiger partial charge in [-0.25, -0.2) is 4.79 Å². The second-order valence-corrected chi connectivity index (χ2v) is 7.91. The van der Waals surface area contributed by atoms with Gasteiger partial charge in [0.05, 0.1) is 24.8 Å². The summed E-state index contributed by atoms with van der Waals surface area (Å²) in [4.78, 5) is 25.6. The van der Waals surface area contributed by atoms with Crippen LogP contribution in [0.5, 0.6) is 5.75 Å². The van der Waals surface area contributed by atoms with E-state index in [9.17, 15) is 9.59 Å². The van der Waals surface area contributed by atoms with Crippen LogP contribution in [0.1, 0.15) is 72.6 Å². The largest absolute Gasteiger partial charge is 0.497 e. The van der Waals surface area contributed by atoms with Crippen LogP contribution in [0.25, 0.3) is 0 Å². The second kappa shape index (κ2) is 11.4. The Bertz CT molecular complexity index is 874. The Morgan fingerprint density at radius 3 is 2.45 bits per heavy atom. The molecule has 1 saturated carbocycles. The molecule has 0 aromatic heterocycles. The van der Waals surface area contributed by atoms with Crippen LogP contribution in [0, 0.1) is 0 Å². The number of nitrogens with one attached hydrogen (secondary N) is 2. The Balaban J connectivity index is 1.81. The molecule has 1 aliphatic rings. The fourth-order valence-corrected chi connectivity index (χ4v) is 3.72. The van der Waals surface area contributed by atoms with E-state index in [1.807, 2.05) is 13.0 Å². The van der Waals surface area contributed by atoms with E-state index in [0.29, 0.717) is 29.5 Å². The van der Waals surface area contributed by atoms with E-state index in [-0.39, 0.29) is 5.91 Å². The summed E-state index contributed by atoms with van der Waals surface area (Å²) >= 11 is 0. The molecule has 0 atom stereocenters. The third-order valence-corrected chi connectivity index (χ3v) is 5.54.